The van der Waals surface area contributed by atoms with Crippen LogP contribution in [0.3, 0.4) is 0 Å². The summed E-state index contributed by atoms with van der Waals surface area (Å²) in [5, 5.41) is 3.07. The van der Waals surface area contributed by atoms with Crippen LogP contribution >= 0.6 is 0 Å². The Hall–Kier alpha value is -1.00. The third-order valence-electron chi connectivity index (χ3n) is 3.17. The molecule has 1 unspecified atom stereocenters. The van der Waals surface area contributed by atoms with E-state index < -0.39 is 17.2 Å². The minimum Gasteiger partial charge on any atom is -0.377 e. The van der Waals surface area contributed by atoms with Crippen LogP contribution in [0.2, 0.25) is 0 Å². The van der Waals surface area contributed by atoms with Crippen LogP contribution in [0, 0.1) is 11.6 Å². The van der Waals surface area contributed by atoms with Gasteiger partial charge in [0, 0.05) is 13.2 Å². The molecule has 0 saturated carbocycles. The molecule has 0 aliphatic heterocycles. The number of hydrogen-bond acceptors (Lipinski definition) is 2. The Balaban J connectivity index is 2.92. The van der Waals surface area contributed by atoms with Gasteiger partial charge in [0.05, 0.1) is 5.60 Å². The lowest BCUT2D eigenvalue weighted by Gasteiger charge is -2.33. The lowest BCUT2D eigenvalue weighted by atomic mass is 9.92. The highest BCUT2D eigenvalue weighted by atomic mass is 19.2. The van der Waals surface area contributed by atoms with Crippen LogP contribution in [-0.4, -0.2) is 25.8 Å². The molecule has 0 aliphatic rings. The molecule has 0 fully saturated rings. The number of hydrogen-bond donors (Lipinski definition) is 1. The quantitative estimate of drug-likeness (QED) is 0.858. The molecular weight excluding hydrogens is 224 g/mol. The molecule has 4 heteroatoms. The summed E-state index contributed by atoms with van der Waals surface area (Å²) in [6.07, 6.45) is 0.376. The van der Waals surface area contributed by atoms with E-state index in [9.17, 15) is 8.78 Å². The van der Waals surface area contributed by atoms with Crippen molar-refractivity contribution in [1.82, 2.24) is 5.32 Å². The Morgan fingerprint density at radius 3 is 2.53 bits per heavy atom. The Morgan fingerprint density at radius 2 is 2.00 bits per heavy atom. The second kappa shape index (κ2) is 5.56. The Bertz CT molecular complexity index is 380. The highest BCUT2D eigenvalue weighted by Crippen LogP contribution is 2.20. The van der Waals surface area contributed by atoms with Crippen molar-refractivity contribution in [2.75, 3.05) is 14.2 Å². The first-order chi connectivity index (χ1) is 7.92. The molecule has 96 valence electrons. The van der Waals surface area contributed by atoms with Crippen molar-refractivity contribution >= 4 is 0 Å². The van der Waals surface area contributed by atoms with E-state index in [1.54, 1.807) is 20.2 Å². The highest BCUT2D eigenvalue weighted by Gasteiger charge is 2.29. The Morgan fingerprint density at radius 1 is 1.35 bits per heavy atom. The summed E-state index contributed by atoms with van der Waals surface area (Å²) < 4.78 is 32.0. The first kappa shape index (κ1) is 14.1. The molecule has 1 atom stereocenters. The van der Waals surface area contributed by atoms with Gasteiger partial charge in [-0.25, -0.2) is 8.78 Å². The second-order valence-electron chi connectivity index (χ2n) is 4.57. The van der Waals surface area contributed by atoms with Gasteiger partial charge in [0.2, 0.25) is 0 Å². The molecule has 1 aromatic carbocycles. The van der Waals surface area contributed by atoms with Crippen molar-refractivity contribution in [3.63, 3.8) is 0 Å². The van der Waals surface area contributed by atoms with E-state index in [4.69, 9.17) is 4.74 Å². The summed E-state index contributed by atoms with van der Waals surface area (Å²) in [7, 11) is 3.38. The topological polar surface area (TPSA) is 21.3 Å². The smallest absolute Gasteiger partial charge is 0.162 e. The maximum absolute atomic E-state index is 13.5. The number of methoxy groups -OCH3 is 1. The zero-order valence-electron chi connectivity index (χ0n) is 10.7. The molecule has 0 aliphatic carbocycles. The average molecular weight is 243 g/mol. The summed E-state index contributed by atoms with van der Waals surface area (Å²) in [4.78, 5) is 0. The maximum atomic E-state index is 13.5. The first-order valence-electron chi connectivity index (χ1n) is 5.57. The minimum absolute atomic E-state index is 0.0937. The fourth-order valence-electron chi connectivity index (χ4n) is 1.76. The molecule has 0 amide bonds. The van der Waals surface area contributed by atoms with Crippen molar-refractivity contribution in [3.05, 3.63) is 35.4 Å². The van der Waals surface area contributed by atoms with E-state index in [2.05, 4.69) is 5.32 Å². The van der Waals surface area contributed by atoms with Crippen molar-refractivity contribution in [2.24, 2.45) is 0 Å². The standard InChI is InChI=1S/C13H19F2NO/c1-13(2,17-4)11(16-3)8-9-6-5-7-10(14)12(9)15/h5-7,11,16H,8H2,1-4H3. The van der Waals surface area contributed by atoms with E-state index in [1.807, 2.05) is 13.8 Å². The van der Waals surface area contributed by atoms with E-state index >= 15 is 0 Å². The Labute approximate surface area is 101 Å². The molecule has 0 spiro atoms. The number of halogens is 2. The predicted octanol–water partition coefficient (Wildman–Crippen LogP) is 2.52. The van der Waals surface area contributed by atoms with Crippen LogP contribution in [0.15, 0.2) is 18.2 Å². The third kappa shape index (κ3) is 3.23. The van der Waals surface area contributed by atoms with Crippen molar-refractivity contribution < 1.29 is 13.5 Å². The van der Waals surface area contributed by atoms with E-state index in [0.29, 0.717) is 12.0 Å². The van der Waals surface area contributed by atoms with Crippen LogP contribution in [-0.2, 0) is 11.2 Å². The van der Waals surface area contributed by atoms with Crippen LogP contribution in [0.4, 0.5) is 8.78 Å². The summed E-state index contributed by atoms with van der Waals surface area (Å²) in [5.41, 5.74) is -0.0949. The average Bonchev–Trinajstić information content (AvgIpc) is 2.30. The third-order valence-corrected chi connectivity index (χ3v) is 3.17. The van der Waals surface area contributed by atoms with Gasteiger partial charge in [0.15, 0.2) is 11.6 Å². The molecule has 17 heavy (non-hydrogen) atoms. The Kier molecular flexibility index (Phi) is 4.60. The molecule has 0 bridgehead atoms. The number of nitrogens with one attached hydrogen (secondary N) is 1. The molecule has 0 heterocycles. The highest BCUT2D eigenvalue weighted by molar-refractivity contribution is 5.20. The van der Waals surface area contributed by atoms with E-state index in [-0.39, 0.29) is 6.04 Å². The molecule has 1 aromatic rings. The minimum atomic E-state index is -0.812. The molecular formula is C13H19F2NO. The molecule has 1 rings (SSSR count). The molecule has 0 aromatic heterocycles. The molecule has 0 saturated heterocycles. The monoisotopic (exact) mass is 243 g/mol. The summed E-state index contributed by atoms with van der Waals surface area (Å²) in [6.45, 7) is 3.82. The SMILES string of the molecule is CNC(Cc1cccc(F)c1F)C(C)(C)OC. The van der Waals surface area contributed by atoms with Crippen LogP contribution < -0.4 is 5.32 Å². The maximum Gasteiger partial charge on any atom is 0.162 e. The van der Waals surface area contributed by atoms with Crippen LogP contribution in [0.5, 0.6) is 0 Å². The van der Waals surface area contributed by atoms with Gasteiger partial charge in [-0.1, -0.05) is 12.1 Å². The van der Waals surface area contributed by atoms with Gasteiger partial charge < -0.3 is 10.1 Å². The number of likely N-dealkylation sites (N-methyl/N-ethyl adjacent to an activating group) is 1. The summed E-state index contributed by atoms with van der Waals surface area (Å²) in [5.74, 6) is -1.59. The van der Waals surface area contributed by atoms with Gasteiger partial charge in [-0.3, -0.25) is 0 Å². The first-order valence-corrected chi connectivity index (χ1v) is 5.57. The lowest BCUT2D eigenvalue weighted by molar-refractivity contribution is -0.00818. The van der Waals surface area contributed by atoms with Gasteiger partial charge in [0.25, 0.3) is 0 Å². The van der Waals surface area contributed by atoms with Gasteiger partial charge in [0.1, 0.15) is 0 Å². The van der Waals surface area contributed by atoms with Crippen molar-refractivity contribution in [2.45, 2.75) is 31.9 Å². The van der Waals surface area contributed by atoms with Crippen molar-refractivity contribution in [1.29, 1.82) is 0 Å². The van der Waals surface area contributed by atoms with E-state index in [0.717, 1.165) is 6.07 Å². The molecule has 0 radical (unpaired) electrons. The predicted molar refractivity (Wildman–Crippen MR) is 64.0 cm³/mol. The molecule has 2 nitrogen and oxygen atoms in total. The zero-order valence-corrected chi connectivity index (χ0v) is 10.7. The fraction of sp³-hybridized carbons (Fsp3) is 0.538. The second-order valence-corrected chi connectivity index (χ2v) is 4.57. The van der Waals surface area contributed by atoms with E-state index in [1.165, 1.54) is 6.07 Å². The van der Waals surface area contributed by atoms with Crippen molar-refractivity contribution in [3.8, 4) is 0 Å². The summed E-state index contributed by atoms with van der Waals surface area (Å²) >= 11 is 0. The van der Waals surface area contributed by atoms with Crippen LogP contribution in [0.25, 0.3) is 0 Å². The normalized spacial score (nSPS) is 13.8. The fourth-order valence-corrected chi connectivity index (χ4v) is 1.76. The molecule has 1 N–H and O–H groups in total. The van der Waals surface area contributed by atoms with Gasteiger partial charge in [-0.15, -0.1) is 0 Å². The largest absolute Gasteiger partial charge is 0.377 e. The van der Waals surface area contributed by atoms with Gasteiger partial charge in [-0.05, 0) is 38.9 Å². The lowest BCUT2D eigenvalue weighted by Crippen LogP contribution is -2.48. The number of rotatable bonds is 5. The summed E-state index contributed by atoms with van der Waals surface area (Å²) in [6, 6.07) is 4.13. The van der Waals surface area contributed by atoms with Gasteiger partial charge in [-0.2, -0.15) is 0 Å². The van der Waals surface area contributed by atoms with Gasteiger partial charge >= 0.3 is 0 Å². The number of ether oxygens (including phenoxy) is 1. The zero-order chi connectivity index (χ0) is 13.1. The van der Waals surface area contributed by atoms with Crippen LogP contribution in [0.1, 0.15) is 19.4 Å². The number of benzene rings is 1.